The lowest BCUT2D eigenvalue weighted by Gasteiger charge is -2.35. The molecule has 2 aliphatic rings. The lowest BCUT2D eigenvalue weighted by molar-refractivity contribution is 0.250. The van der Waals surface area contributed by atoms with E-state index in [-0.39, 0.29) is 5.25 Å². The molecule has 1 aromatic carbocycles. The summed E-state index contributed by atoms with van der Waals surface area (Å²) in [7, 11) is -3.11. The van der Waals surface area contributed by atoms with Gasteiger partial charge in [0.1, 0.15) is 5.82 Å². The third-order valence-electron chi connectivity index (χ3n) is 6.11. The fourth-order valence-electron chi connectivity index (χ4n) is 4.50. The van der Waals surface area contributed by atoms with E-state index in [9.17, 15) is 8.42 Å². The van der Waals surface area contributed by atoms with E-state index >= 15 is 0 Å². The van der Waals surface area contributed by atoms with Crippen molar-refractivity contribution in [2.24, 2.45) is 5.92 Å². The molecule has 146 valence electrons. The Morgan fingerprint density at radius 3 is 2.37 bits per heavy atom. The summed E-state index contributed by atoms with van der Waals surface area (Å²) in [5.74, 6) is 1.49. The van der Waals surface area contributed by atoms with Crippen molar-refractivity contribution in [3.05, 3.63) is 42.7 Å². The topological polar surface area (TPSA) is 55.2 Å². The number of piperidine rings is 1. The Balaban J connectivity index is 1.37. The quantitative estimate of drug-likeness (QED) is 0.781. The van der Waals surface area contributed by atoms with Gasteiger partial charge in [-0.1, -0.05) is 49.6 Å². The standard InChI is InChI=1S/C21H29N3O2S/c25-27(26,20-9-5-2-6-10-20)24-14-11-18(12-15-24)17-23-16-13-22-21(23)19-7-3-1-4-8-19/h1,3-4,7-8,13,16,18,20H,2,5-6,9-12,14-15,17H2. The van der Waals surface area contributed by atoms with Crippen LogP contribution in [-0.4, -0.2) is 40.6 Å². The van der Waals surface area contributed by atoms with Crippen LogP contribution in [0, 0.1) is 5.92 Å². The van der Waals surface area contributed by atoms with Crippen LogP contribution < -0.4 is 0 Å². The van der Waals surface area contributed by atoms with Crippen molar-refractivity contribution in [1.82, 2.24) is 13.9 Å². The van der Waals surface area contributed by atoms with Crippen molar-refractivity contribution in [3.8, 4) is 11.4 Å². The van der Waals surface area contributed by atoms with Crippen LogP contribution in [0.25, 0.3) is 11.4 Å². The maximum Gasteiger partial charge on any atom is 0.216 e. The molecule has 2 heterocycles. The highest BCUT2D eigenvalue weighted by Gasteiger charge is 2.35. The number of rotatable bonds is 5. The van der Waals surface area contributed by atoms with E-state index in [0.29, 0.717) is 19.0 Å². The lowest BCUT2D eigenvalue weighted by atomic mass is 9.98. The van der Waals surface area contributed by atoms with Crippen molar-refractivity contribution in [1.29, 1.82) is 0 Å². The largest absolute Gasteiger partial charge is 0.331 e. The Bertz CT molecular complexity index is 833. The average molecular weight is 388 g/mol. The molecule has 1 aliphatic heterocycles. The highest BCUT2D eigenvalue weighted by molar-refractivity contribution is 7.89. The van der Waals surface area contributed by atoms with Gasteiger partial charge in [0.25, 0.3) is 0 Å². The number of hydrogen-bond donors (Lipinski definition) is 0. The van der Waals surface area contributed by atoms with E-state index in [4.69, 9.17) is 0 Å². The zero-order chi connectivity index (χ0) is 18.7. The summed E-state index contributed by atoms with van der Waals surface area (Å²) in [6, 6.07) is 10.2. The predicted molar refractivity (Wildman–Crippen MR) is 108 cm³/mol. The third kappa shape index (κ3) is 4.11. The van der Waals surface area contributed by atoms with Gasteiger partial charge in [-0.15, -0.1) is 0 Å². The summed E-state index contributed by atoms with van der Waals surface area (Å²) < 4.78 is 29.8. The summed E-state index contributed by atoms with van der Waals surface area (Å²) >= 11 is 0. The normalized spacial score (nSPS) is 20.7. The molecule has 0 atom stereocenters. The zero-order valence-electron chi connectivity index (χ0n) is 15.8. The molecule has 1 aromatic heterocycles. The molecule has 6 heteroatoms. The van der Waals surface area contributed by atoms with Crippen molar-refractivity contribution in [3.63, 3.8) is 0 Å². The van der Waals surface area contributed by atoms with E-state index in [0.717, 1.165) is 56.5 Å². The van der Waals surface area contributed by atoms with Gasteiger partial charge >= 0.3 is 0 Å². The first kappa shape index (κ1) is 18.7. The Morgan fingerprint density at radius 2 is 1.67 bits per heavy atom. The molecular weight excluding hydrogens is 358 g/mol. The van der Waals surface area contributed by atoms with Crippen LogP contribution in [0.4, 0.5) is 0 Å². The van der Waals surface area contributed by atoms with E-state index in [1.807, 2.05) is 30.6 Å². The highest BCUT2D eigenvalue weighted by Crippen LogP contribution is 2.30. The van der Waals surface area contributed by atoms with Gasteiger partial charge in [0, 0.05) is 37.6 Å². The number of hydrogen-bond acceptors (Lipinski definition) is 3. The molecular formula is C21H29N3O2S. The Kier molecular flexibility index (Phi) is 5.64. The number of aromatic nitrogens is 2. The van der Waals surface area contributed by atoms with Crippen LogP contribution >= 0.6 is 0 Å². The molecule has 1 saturated heterocycles. The first-order chi connectivity index (χ1) is 13.1. The molecule has 4 rings (SSSR count). The van der Waals surface area contributed by atoms with Gasteiger partial charge in [0.2, 0.25) is 10.0 Å². The second-order valence-electron chi connectivity index (χ2n) is 7.92. The van der Waals surface area contributed by atoms with Gasteiger partial charge in [-0.3, -0.25) is 0 Å². The van der Waals surface area contributed by atoms with Crippen LogP contribution in [0.2, 0.25) is 0 Å². The molecule has 2 fully saturated rings. The van der Waals surface area contributed by atoms with Gasteiger partial charge in [0.15, 0.2) is 0 Å². The maximum absolute atomic E-state index is 12.9. The molecule has 1 aliphatic carbocycles. The minimum atomic E-state index is -3.11. The number of imidazole rings is 1. The zero-order valence-corrected chi connectivity index (χ0v) is 16.7. The van der Waals surface area contributed by atoms with Crippen LogP contribution in [0.1, 0.15) is 44.9 Å². The summed E-state index contributed by atoms with van der Waals surface area (Å²) in [5.41, 5.74) is 1.12. The van der Waals surface area contributed by atoms with Gasteiger partial charge in [0.05, 0.1) is 5.25 Å². The lowest BCUT2D eigenvalue weighted by Crippen LogP contribution is -2.44. The van der Waals surface area contributed by atoms with Crippen molar-refractivity contribution < 1.29 is 8.42 Å². The molecule has 27 heavy (non-hydrogen) atoms. The van der Waals surface area contributed by atoms with Gasteiger partial charge in [-0.05, 0) is 31.6 Å². The molecule has 0 N–H and O–H groups in total. The van der Waals surface area contributed by atoms with Crippen LogP contribution in [0.5, 0.6) is 0 Å². The third-order valence-corrected chi connectivity index (χ3v) is 8.51. The summed E-state index contributed by atoms with van der Waals surface area (Å²) in [6.07, 6.45) is 10.7. The monoisotopic (exact) mass is 387 g/mol. The Hall–Kier alpha value is -1.66. The minimum Gasteiger partial charge on any atom is -0.331 e. The fraction of sp³-hybridized carbons (Fsp3) is 0.571. The SMILES string of the molecule is O=S(=O)(C1CCCCC1)N1CCC(Cn2ccnc2-c2ccccc2)CC1. The molecule has 2 aromatic rings. The van der Waals surface area contributed by atoms with E-state index in [1.165, 1.54) is 6.42 Å². The maximum atomic E-state index is 12.9. The predicted octanol–water partition coefficient (Wildman–Crippen LogP) is 3.92. The minimum absolute atomic E-state index is 0.138. The van der Waals surface area contributed by atoms with E-state index < -0.39 is 10.0 Å². The number of sulfonamides is 1. The molecule has 0 spiro atoms. The van der Waals surface area contributed by atoms with E-state index in [2.05, 4.69) is 21.7 Å². The first-order valence-corrected chi connectivity index (χ1v) is 11.7. The Labute approximate surface area is 162 Å². The van der Waals surface area contributed by atoms with Crippen molar-refractivity contribution in [2.75, 3.05) is 13.1 Å². The summed E-state index contributed by atoms with van der Waals surface area (Å²) in [5, 5.41) is -0.138. The molecule has 0 radical (unpaired) electrons. The van der Waals surface area contributed by atoms with Crippen LogP contribution in [0.3, 0.4) is 0 Å². The number of benzene rings is 1. The second kappa shape index (κ2) is 8.15. The molecule has 0 bridgehead atoms. The smallest absolute Gasteiger partial charge is 0.216 e. The molecule has 1 saturated carbocycles. The highest BCUT2D eigenvalue weighted by atomic mass is 32.2. The van der Waals surface area contributed by atoms with Gasteiger partial charge in [-0.25, -0.2) is 17.7 Å². The summed E-state index contributed by atoms with van der Waals surface area (Å²) in [6.45, 7) is 2.24. The van der Waals surface area contributed by atoms with Crippen molar-refractivity contribution in [2.45, 2.75) is 56.7 Å². The van der Waals surface area contributed by atoms with E-state index in [1.54, 1.807) is 4.31 Å². The van der Waals surface area contributed by atoms with Crippen molar-refractivity contribution >= 4 is 10.0 Å². The first-order valence-electron chi connectivity index (χ1n) is 10.2. The van der Waals surface area contributed by atoms with Crippen LogP contribution in [-0.2, 0) is 16.6 Å². The molecule has 5 nitrogen and oxygen atoms in total. The van der Waals surface area contributed by atoms with Crippen LogP contribution in [0.15, 0.2) is 42.7 Å². The Morgan fingerprint density at radius 1 is 0.963 bits per heavy atom. The fourth-order valence-corrected chi connectivity index (χ4v) is 6.57. The molecule has 0 amide bonds. The number of nitrogens with zero attached hydrogens (tertiary/aromatic N) is 3. The molecule has 0 unspecified atom stereocenters. The summed E-state index contributed by atoms with van der Waals surface area (Å²) in [4.78, 5) is 4.52. The second-order valence-corrected chi connectivity index (χ2v) is 10.1. The van der Waals surface area contributed by atoms with Gasteiger partial charge < -0.3 is 4.57 Å². The van der Waals surface area contributed by atoms with Gasteiger partial charge in [-0.2, -0.15) is 0 Å². The average Bonchev–Trinajstić information content (AvgIpc) is 3.18.